The fraction of sp³-hybridized carbons (Fsp3) is 0.730. The van der Waals surface area contributed by atoms with Gasteiger partial charge < -0.3 is 35.0 Å². The molecule has 0 bridgehead atoms. The third-order valence-electron chi connectivity index (χ3n) is 10.2. The molecule has 7 unspecified atom stereocenters. The number of aliphatic hydroxyl groups excluding tert-OH is 1. The number of nitrogens with one attached hydrogen (secondary N) is 2. The Kier molecular flexibility index (Phi) is 17.1. The summed E-state index contributed by atoms with van der Waals surface area (Å²) in [5.74, 6) is -1.40. The van der Waals surface area contributed by atoms with Gasteiger partial charge in [0.2, 0.25) is 23.6 Å². The number of aliphatic hydroxyl groups is 1. The summed E-state index contributed by atoms with van der Waals surface area (Å²) in [4.78, 5) is 58.9. The second-order valence-corrected chi connectivity index (χ2v) is 14.2. The molecular weight excluding hydrogens is 626 g/mol. The van der Waals surface area contributed by atoms with E-state index in [4.69, 9.17) is 9.47 Å². The topological polar surface area (TPSA) is 141 Å². The minimum atomic E-state index is -0.872. The summed E-state index contributed by atoms with van der Waals surface area (Å²) in [7, 11) is 8.48. The molecule has 1 aromatic rings. The van der Waals surface area contributed by atoms with Gasteiger partial charge in [-0.15, -0.1) is 0 Å². The molecule has 0 radical (unpaired) electrons. The van der Waals surface area contributed by atoms with Crippen LogP contribution in [-0.4, -0.2) is 128 Å². The predicted octanol–water partition coefficient (Wildman–Crippen LogP) is 2.85. The van der Waals surface area contributed by atoms with Crippen molar-refractivity contribution in [2.24, 2.45) is 17.8 Å². The molecule has 0 aliphatic carbocycles. The van der Waals surface area contributed by atoms with E-state index in [-0.39, 0.29) is 60.5 Å². The lowest BCUT2D eigenvalue weighted by Gasteiger charge is -2.39. The molecule has 1 saturated heterocycles. The van der Waals surface area contributed by atoms with E-state index < -0.39 is 36.3 Å². The van der Waals surface area contributed by atoms with Gasteiger partial charge in [0.1, 0.15) is 0 Å². The summed E-state index contributed by atoms with van der Waals surface area (Å²) in [5, 5.41) is 16.5. The number of likely N-dealkylation sites (tertiary alicyclic amines) is 1. The van der Waals surface area contributed by atoms with Crippen molar-refractivity contribution >= 4 is 23.6 Å². The van der Waals surface area contributed by atoms with Crippen LogP contribution < -0.4 is 10.6 Å². The van der Waals surface area contributed by atoms with Crippen LogP contribution in [0.2, 0.25) is 0 Å². The molecular formula is C37H63N5O7. The molecule has 49 heavy (non-hydrogen) atoms. The molecule has 1 heterocycles. The van der Waals surface area contributed by atoms with Crippen LogP contribution >= 0.6 is 0 Å². The number of rotatable bonds is 19. The molecule has 2 rings (SSSR count). The molecule has 9 atom stereocenters. The number of ether oxygens (including phenoxy) is 2. The largest absolute Gasteiger partial charge is 0.386 e. The maximum absolute atomic E-state index is 14.0. The zero-order valence-corrected chi connectivity index (χ0v) is 31.6. The van der Waals surface area contributed by atoms with Gasteiger partial charge in [-0.25, -0.2) is 0 Å². The maximum Gasteiger partial charge on any atom is 0.242 e. The number of methoxy groups -OCH3 is 2. The van der Waals surface area contributed by atoms with Crippen LogP contribution in [0.3, 0.4) is 0 Å². The summed E-state index contributed by atoms with van der Waals surface area (Å²) < 4.78 is 11.8. The van der Waals surface area contributed by atoms with Gasteiger partial charge in [0.05, 0.1) is 61.4 Å². The van der Waals surface area contributed by atoms with E-state index in [0.717, 1.165) is 12.8 Å². The molecule has 12 heteroatoms. The average molecular weight is 690 g/mol. The molecule has 0 saturated carbocycles. The van der Waals surface area contributed by atoms with Crippen molar-refractivity contribution in [3.63, 3.8) is 0 Å². The Morgan fingerprint density at radius 3 is 2.14 bits per heavy atom. The second kappa shape index (κ2) is 20.0. The molecule has 1 fully saturated rings. The number of amides is 4. The zero-order valence-electron chi connectivity index (χ0n) is 31.6. The molecule has 278 valence electrons. The van der Waals surface area contributed by atoms with Crippen molar-refractivity contribution in [1.82, 2.24) is 25.3 Å². The summed E-state index contributed by atoms with van der Waals surface area (Å²) in [6, 6.07) is 7.54. The van der Waals surface area contributed by atoms with Crippen molar-refractivity contribution in [3.8, 4) is 0 Å². The van der Waals surface area contributed by atoms with Gasteiger partial charge in [-0.2, -0.15) is 0 Å². The van der Waals surface area contributed by atoms with Crippen LogP contribution in [0.1, 0.15) is 78.9 Å². The van der Waals surface area contributed by atoms with Gasteiger partial charge in [0.15, 0.2) is 0 Å². The van der Waals surface area contributed by atoms with Crippen LogP contribution in [0.15, 0.2) is 30.3 Å². The molecule has 1 aliphatic rings. The molecule has 4 amide bonds. The normalized spacial score (nSPS) is 19.8. The van der Waals surface area contributed by atoms with Gasteiger partial charge in [-0.1, -0.05) is 71.4 Å². The average Bonchev–Trinajstić information content (AvgIpc) is 3.56. The number of carbonyl (C=O) groups excluding carboxylic acids is 4. The van der Waals surface area contributed by atoms with Crippen LogP contribution in [0.5, 0.6) is 0 Å². The van der Waals surface area contributed by atoms with Crippen molar-refractivity contribution < 1.29 is 33.8 Å². The summed E-state index contributed by atoms with van der Waals surface area (Å²) >= 11 is 0. The van der Waals surface area contributed by atoms with Crippen molar-refractivity contribution in [3.05, 3.63) is 35.9 Å². The standard InChI is InChI=1S/C37H63N5O7/c1-12-24(4)33(41(9)31(44)22-38-37(47)32(23(2)3)40(7)8)29(48-10)21-30(43)42-20-16-19-28(42)35(49-11)25(5)36(46)39-26(6)34(45)27-17-14-13-15-18-27/h13-15,17-18,23-26,28-29,32-35,45H,12,16,19-22H2,1-11H3,(H,38,47)(H,39,46)/t24?,25?,26-,28+,29?,32?,33?,34?,35?/m1/s1. The molecule has 0 aromatic heterocycles. The number of carbonyl (C=O) groups is 4. The quantitative estimate of drug-likeness (QED) is 0.202. The van der Waals surface area contributed by atoms with Gasteiger partial charge in [-0.05, 0) is 51.3 Å². The number of hydrogen-bond acceptors (Lipinski definition) is 8. The first-order valence-electron chi connectivity index (χ1n) is 17.7. The molecule has 12 nitrogen and oxygen atoms in total. The zero-order chi connectivity index (χ0) is 37.0. The van der Waals surface area contributed by atoms with E-state index in [9.17, 15) is 24.3 Å². The Balaban J connectivity index is 2.15. The minimum absolute atomic E-state index is 0.00522. The SMILES string of the molecule is CCC(C)C(C(CC(=O)N1CCC[C@H]1C(OC)C(C)C(=O)N[C@H](C)C(O)c1ccccc1)OC)N(C)C(=O)CNC(=O)C(C(C)C)N(C)C. The molecule has 1 aromatic carbocycles. The third-order valence-corrected chi connectivity index (χ3v) is 10.2. The smallest absolute Gasteiger partial charge is 0.242 e. The Labute approximate surface area is 294 Å². The Hall–Kier alpha value is -3.06. The number of likely N-dealkylation sites (N-methyl/N-ethyl adjacent to an activating group) is 2. The number of hydrogen-bond donors (Lipinski definition) is 3. The van der Waals surface area contributed by atoms with Crippen LogP contribution in [-0.2, 0) is 28.7 Å². The number of nitrogens with zero attached hydrogens (tertiary/aromatic N) is 3. The van der Waals surface area contributed by atoms with Crippen LogP contribution in [0.4, 0.5) is 0 Å². The van der Waals surface area contributed by atoms with Gasteiger partial charge in [0.25, 0.3) is 0 Å². The van der Waals surface area contributed by atoms with E-state index in [2.05, 4.69) is 10.6 Å². The maximum atomic E-state index is 14.0. The lowest BCUT2D eigenvalue weighted by molar-refractivity contribution is -0.146. The van der Waals surface area contributed by atoms with Crippen molar-refractivity contribution in [1.29, 1.82) is 0 Å². The molecule has 1 aliphatic heterocycles. The lowest BCUT2D eigenvalue weighted by Crippen LogP contribution is -2.55. The Morgan fingerprint density at radius 1 is 0.980 bits per heavy atom. The van der Waals surface area contributed by atoms with Gasteiger partial charge >= 0.3 is 0 Å². The summed E-state index contributed by atoms with van der Waals surface area (Å²) in [6.45, 7) is 11.9. The minimum Gasteiger partial charge on any atom is -0.386 e. The highest BCUT2D eigenvalue weighted by Crippen LogP contribution is 2.29. The number of benzene rings is 1. The first-order chi connectivity index (χ1) is 23.1. The Morgan fingerprint density at radius 2 is 1.61 bits per heavy atom. The van der Waals surface area contributed by atoms with E-state index in [0.29, 0.717) is 18.5 Å². The fourth-order valence-corrected chi connectivity index (χ4v) is 7.22. The van der Waals surface area contributed by atoms with Gasteiger partial charge in [-0.3, -0.25) is 24.1 Å². The summed E-state index contributed by atoms with van der Waals surface area (Å²) in [5.41, 5.74) is 0.711. The summed E-state index contributed by atoms with van der Waals surface area (Å²) in [6.07, 6.45) is 0.203. The van der Waals surface area contributed by atoms with Crippen molar-refractivity contribution in [2.45, 2.75) is 110 Å². The lowest BCUT2D eigenvalue weighted by atomic mass is 9.90. The highest BCUT2D eigenvalue weighted by Gasteiger charge is 2.42. The molecule has 0 spiro atoms. The predicted molar refractivity (Wildman–Crippen MR) is 190 cm³/mol. The van der Waals surface area contributed by atoms with E-state index in [1.807, 2.05) is 77.0 Å². The van der Waals surface area contributed by atoms with Crippen LogP contribution in [0.25, 0.3) is 0 Å². The highest BCUT2D eigenvalue weighted by atomic mass is 16.5. The van der Waals surface area contributed by atoms with E-state index in [1.165, 1.54) is 0 Å². The first-order valence-corrected chi connectivity index (χ1v) is 17.7. The van der Waals surface area contributed by atoms with Crippen LogP contribution in [0, 0.1) is 17.8 Å². The first kappa shape index (κ1) is 42.1. The highest BCUT2D eigenvalue weighted by molar-refractivity contribution is 5.87. The Bertz CT molecular complexity index is 1190. The van der Waals surface area contributed by atoms with Crippen molar-refractivity contribution in [2.75, 3.05) is 48.5 Å². The second-order valence-electron chi connectivity index (χ2n) is 14.2. The monoisotopic (exact) mass is 689 g/mol. The molecule has 3 N–H and O–H groups in total. The van der Waals surface area contributed by atoms with Gasteiger partial charge in [0, 0.05) is 27.8 Å². The van der Waals surface area contributed by atoms with E-state index >= 15 is 0 Å². The fourth-order valence-electron chi connectivity index (χ4n) is 7.22. The van der Waals surface area contributed by atoms with E-state index in [1.54, 1.807) is 44.9 Å². The third kappa shape index (κ3) is 11.2.